The van der Waals surface area contributed by atoms with Gasteiger partial charge in [-0.05, 0) is 62.4 Å². The Morgan fingerprint density at radius 2 is 1.33 bits per heavy atom. The summed E-state index contributed by atoms with van der Waals surface area (Å²) in [6.07, 6.45) is 5.99. The zero-order valence-corrected chi connectivity index (χ0v) is 26.2. The van der Waals surface area contributed by atoms with E-state index in [2.05, 4.69) is 27.4 Å². The Kier molecular flexibility index (Phi) is 11.1. The summed E-state index contributed by atoms with van der Waals surface area (Å²) >= 11 is 0. The van der Waals surface area contributed by atoms with E-state index in [9.17, 15) is 14.9 Å². The van der Waals surface area contributed by atoms with Gasteiger partial charge in [0, 0.05) is 59.0 Å². The van der Waals surface area contributed by atoms with Gasteiger partial charge in [0.2, 0.25) is 5.52 Å². The molecule has 0 bridgehead atoms. The van der Waals surface area contributed by atoms with Gasteiger partial charge in [0.1, 0.15) is 13.1 Å². The number of pyridine rings is 2. The summed E-state index contributed by atoms with van der Waals surface area (Å²) in [5, 5.41) is 21.7. The number of non-ortho nitro benzene ring substituents is 1. The number of benzene rings is 3. The van der Waals surface area contributed by atoms with E-state index in [4.69, 9.17) is 0 Å². The minimum atomic E-state index is -0.395. The van der Waals surface area contributed by atoms with E-state index < -0.39 is 4.92 Å². The lowest BCUT2D eigenvalue weighted by atomic mass is 10.1. The van der Waals surface area contributed by atoms with Crippen LogP contribution in [0.25, 0.3) is 10.9 Å². The van der Waals surface area contributed by atoms with Crippen LogP contribution in [-0.2, 0) is 13.1 Å². The standard InChI is InChI=1S/C31H28N6O3.2BrH/c1-3-35-18-15-26(16-19-35)32-23-9-11-25(12-10-23)34-31(38)22-5-7-24(8-6-22)33-29-17-20-36(4-2)30-14-13-27(37(39)40)21-28(29)30;;/h5-21H,3-4H2,1-2H3,(H,34,38);2*1H. The molecule has 0 atom stereocenters. The Balaban J connectivity index is 0.00000242. The Morgan fingerprint density at radius 3 is 1.95 bits per heavy atom. The highest BCUT2D eigenvalue weighted by Gasteiger charge is 2.16. The fraction of sp³-hybridized carbons (Fsp3) is 0.129. The zero-order valence-electron chi connectivity index (χ0n) is 23.1. The second kappa shape index (κ2) is 14.5. The lowest BCUT2D eigenvalue weighted by Crippen LogP contribution is -3.00. The van der Waals surface area contributed by atoms with E-state index in [0.717, 1.165) is 46.7 Å². The average molecular weight is 694 g/mol. The summed E-state index contributed by atoms with van der Waals surface area (Å²) in [6.45, 7) is 5.78. The monoisotopic (exact) mass is 692 g/mol. The molecule has 3 N–H and O–H groups in total. The maximum atomic E-state index is 12.9. The van der Waals surface area contributed by atoms with Gasteiger partial charge in [0.15, 0.2) is 18.6 Å². The van der Waals surface area contributed by atoms with E-state index in [0.29, 0.717) is 11.3 Å². The van der Waals surface area contributed by atoms with Crippen molar-refractivity contribution in [3.8, 4) is 0 Å². The molecule has 0 aliphatic rings. The number of carbonyl (C=O) groups is 1. The third-order valence-corrected chi connectivity index (χ3v) is 6.67. The van der Waals surface area contributed by atoms with E-state index >= 15 is 0 Å². The number of nitro benzene ring substituents is 1. The summed E-state index contributed by atoms with van der Waals surface area (Å²) in [4.78, 5) is 23.8. The highest BCUT2D eigenvalue weighted by Crippen LogP contribution is 2.28. The van der Waals surface area contributed by atoms with Gasteiger partial charge in [-0.1, -0.05) is 0 Å². The average Bonchev–Trinajstić information content (AvgIpc) is 2.98. The number of rotatable bonds is 9. The number of halogens is 2. The molecule has 5 rings (SSSR count). The van der Waals surface area contributed by atoms with Crippen LogP contribution in [0.1, 0.15) is 24.2 Å². The Morgan fingerprint density at radius 1 is 0.738 bits per heavy atom. The van der Waals surface area contributed by atoms with E-state index in [1.54, 1.807) is 24.3 Å². The molecule has 216 valence electrons. The number of hydrogen-bond acceptors (Lipinski definition) is 5. The molecule has 0 saturated carbocycles. The topological polar surface area (TPSA) is 104 Å². The number of aromatic nitrogens is 2. The Hall–Kier alpha value is -4.35. The van der Waals surface area contributed by atoms with Gasteiger partial charge in [0.05, 0.1) is 21.7 Å². The predicted molar refractivity (Wildman–Crippen MR) is 156 cm³/mol. The first-order chi connectivity index (χ1) is 19.4. The first-order valence-electron chi connectivity index (χ1n) is 13.1. The molecule has 42 heavy (non-hydrogen) atoms. The minimum absolute atomic E-state index is 0. The molecule has 9 nitrogen and oxygen atoms in total. The number of hydrogen-bond donors (Lipinski definition) is 3. The number of carbonyl (C=O) groups excluding carboxylic acids is 1. The highest BCUT2D eigenvalue weighted by molar-refractivity contribution is 6.04. The van der Waals surface area contributed by atoms with Gasteiger partial charge in [-0.2, -0.15) is 4.57 Å². The third-order valence-electron chi connectivity index (χ3n) is 6.67. The number of amides is 1. The van der Waals surface area contributed by atoms with Crippen LogP contribution >= 0.6 is 0 Å². The molecule has 0 aliphatic heterocycles. The van der Waals surface area contributed by atoms with Crippen molar-refractivity contribution in [3.63, 3.8) is 0 Å². The molecule has 3 aromatic carbocycles. The van der Waals surface area contributed by atoms with E-state index in [-0.39, 0.29) is 45.6 Å². The molecule has 0 saturated heterocycles. The maximum Gasteiger partial charge on any atom is 0.270 e. The summed E-state index contributed by atoms with van der Waals surface area (Å²) in [6, 6.07) is 25.4. The fourth-order valence-corrected chi connectivity index (χ4v) is 4.44. The summed E-state index contributed by atoms with van der Waals surface area (Å²) < 4.78 is 4.12. The third kappa shape index (κ3) is 7.48. The van der Waals surface area contributed by atoms with Crippen LogP contribution in [0.5, 0.6) is 0 Å². The van der Waals surface area contributed by atoms with Crippen LogP contribution in [-0.4, -0.2) is 10.8 Å². The normalized spacial score (nSPS) is 10.2. The number of anilines is 5. The molecular weight excluding hydrogens is 664 g/mol. The van der Waals surface area contributed by atoms with Crippen LogP contribution < -0.4 is 59.0 Å². The maximum absolute atomic E-state index is 12.9. The van der Waals surface area contributed by atoms with Crippen molar-refractivity contribution in [2.45, 2.75) is 26.9 Å². The van der Waals surface area contributed by atoms with Crippen molar-refractivity contribution >= 4 is 50.9 Å². The second-order valence-corrected chi connectivity index (χ2v) is 9.25. The number of nitro groups is 1. The van der Waals surface area contributed by atoms with Crippen molar-refractivity contribution in [1.82, 2.24) is 0 Å². The summed E-state index contributed by atoms with van der Waals surface area (Å²) in [7, 11) is 0. The molecule has 1 amide bonds. The van der Waals surface area contributed by atoms with Gasteiger partial charge in [0.25, 0.3) is 11.6 Å². The minimum Gasteiger partial charge on any atom is -1.00 e. The van der Waals surface area contributed by atoms with Crippen molar-refractivity contribution in [1.29, 1.82) is 0 Å². The van der Waals surface area contributed by atoms with Gasteiger partial charge < -0.3 is 49.9 Å². The lowest BCUT2D eigenvalue weighted by molar-refractivity contribution is -0.693. The lowest BCUT2D eigenvalue weighted by Gasteiger charge is -2.11. The molecule has 11 heteroatoms. The van der Waals surface area contributed by atoms with Crippen molar-refractivity contribution < 1.29 is 52.8 Å². The van der Waals surface area contributed by atoms with Gasteiger partial charge in [-0.3, -0.25) is 14.9 Å². The molecule has 0 fully saturated rings. The predicted octanol–water partition coefficient (Wildman–Crippen LogP) is 0.110. The molecule has 2 aromatic heterocycles. The van der Waals surface area contributed by atoms with Crippen molar-refractivity contribution in [2.75, 3.05) is 16.0 Å². The van der Waals surface area contributed by atoms with Crippen LogP contribution in [0.15, 0.2) is 104 Å². The van der Waals surface area contributed by atoms with Crippen LogP contribution in [0, 0.1) is 10.1 Å². The van der Waals surface area contributed by atoms with E-state index in [1.807, 2.05) is 84.7 Å². The van der Waals surface area contributed by atoms with Gasteiger partial charge >= 0.3 is 0 Å². The fourth-order valence-electron chi connectivity index (χ4n) is 4.44. The molecule has 0 aliphatic carbocycles. The Labute approximate surface area is 264 Å². The van der Waals surface area contributed by atoms with Gasteiger partial charge in [-0.15, -0.1) is 0 Å². The number of nitrogens with zero attached hydrogens (tertiary/aromatic N) is 3. The zero-order chi connectivity index (χ0) is 28.1. The molecule has 5 aromatic rings. The van der Waals surface area contributed by atoms with E-state index in [1.165, 1.54) is 6.07 Å². The first kappa shape index (κ1) is 32.2. The molecule has 0 radical (unpaired) electrons. The highest BCUT2D eigenvalue weighted by atomic mass is 79.9. The molecule has 0 unspecified atom stereocenters. The summed E-state index contributed by atoms with van der Waals surface area (Å²) in [5.74, 6) is -0.218. The number of nitrogens with one attached hydrogen (secondary N) is 3. The van der Waals surface area contributed by atoms with Crippen molar-refractivity contribution in [3.05, 3.63) is 119 Å². The number of aryl methyl sites for hydroxylation is 2. The van der Waals surface area contributed by atoms with Crippen LogP contribution in [0.3, 0.4) is 0 Å². The van der Waals surface area contributed by atoms with Crippen LogP contribution in [0.2, 0.25) is 0 Å². The molecular formula is C31H30Br2N6O3. The van der Waals surface area contributed by atoms with Gasteiger partial charge in [-0.25, -0.2) is 4.57 Å². The SMILES string of the molecule is CC[n+]1ccc(Nc2ccc(NC(=O)c3ccc(Nc4cc[n+](CC)c5ccc([N+](=O)[O-])cc45)cc3)cc2)cc1.[Br-].[Br-]. The summed E-state index contributed by atoms with van der Waals surface area (Å²) in [5.41, 5.74) is 5.55. The number of fused-ring (bicyclic) bond motifs is 1. The largest absolute Gasteiger partial charge is 1.00 e. The van der Waals surface area contributed by atoms with Crippen LogP contribution in [0.4, 0.5) is 34.1 Å². The Bertz CT molecular complexity index is 1680. The molecule has 2 heterocycles. The quantitative estimate of drug-likeness (QED) is 0.116. The first-order valence-corrected chi connectivity index (χ1v) is 13.1. The second-order valence-electron chi connectivity index (χ2n) is 9.25. The smallest absolute Gasteiger partial charge is 0.270 e. The molecule has 0 spiro atoms. The van der Waals surface area contributed by atoms with Crippen molar-refractivity contribution in [2.24, 2.45) is 0 Å².